The smallest absolute Gasteiger partial charge is 0.251 e. The second kappa shape index (κ2) is 7.63. The van der Waals surface area contributed by atoms with Crippen molar-refractivity contribution in [3.63, 3.8) is 0 Å². The Morgan fingerprint density at radius 2 is 1.94 bits per heavy atom. The molecule has 0 aliphatic carbocycles. The number of ether oxygens (including phenoxy) is 2. The van der Waals surface area contributed by atoms with Gasteiger partial charge in [-0.05, 0) is 40.5 Å². The zero-order chi connectivity index (χ0) is 12.6. The lowest BCUT2D eigenvalue weighted by Crippen LogP contribution is -2.43. The van der Waals surface area contributed by atoms with Gasteiger partial charge in [0.25, 0.3) is 5.91 Å². The van der Waals surface area contributed by atoms with Crippen LogP contribution in [0, 0.1) is 0 Å². The Hall–Kier alpha value is -0.610. The minimum atomic E-state index is -0.742. The molecule has 0 aliphatic heterocycles. The fourth-order valence-corrected chi connectivity index (χ4v) is 1.05. The Morgan fingerprint density at radius 1 is 1.31 bits per heavy atom. The molecule has 0 atom stereocenters. The molecule has 4 heteroatoms. The summed E-state index contributed by atoms with van der Waals surface area (Å²) in [6.07, 6.45) is 2.17. The molecule has 0 spiro atoms. The van der Waals surface area contributed by atoms with E-state index in [0.29, 0.717) is 6.54 Å². The number of rotatable bonds is 8. The SMILES string of the molecule is COC(C)(C)C(=O)NCCCCOC(C)C. The molecule has 0 unspecified atom stereocenters. The molecule has 0 fully saturated rings. The molecular weight excluding hydrogens is 206 g/mol. The van der Waals surface area contributed by atoms with Gasteiger partial charge in [0.05, 0.1) is 6.10 Å². The maximum Gasteiger partial charge on any atom is 0.251 e. The molecule has 0 aromatic rings. The lowest BCUT2D eigenvalue weighted by Gasteiger charge is -2.21. The van der Waals surface area contributed by atoms with Crippen molar-refractivity contribution < 1.29 is 14.3 Å². The first-order valence-electron chi connectivity index (χ1n) is 5.85. The van der Waals surface area contributed by atoms with Gasteiger partial charge in [-0.15, -0.1) is 0 Å². The highest BCUT2D eigenvalue weighted by Crippen LogP contribution is 2.06. The van der Waals surface area contributed by atoms with Gasteiger partial charge in [0, 0.05) is 20.3 Å². The minimum absolute atomic E-state index is 0.0697. The molecule has 4 nitrogen and oxygen atoms in total. The summed E-state index contributed by atoms with van der Waals surface area (Å²) >= 11 is 0. The molecule has 0 heterocycles. The van der Waals surface area contributed by atoms with E-state index in [-0.39, 0.29) is 12.0 Å². The van der Waals surface area contributed by atoms with E-state index in [1.807, 2.05) is 13.8 Å². The van der Waals surface area contributed by atoms with Crippen LogP contribution in [-0.4, -0.2) is 37.9 Å². The number of carbonyl (C=O) groups is 1. The highest BCUT2D eigenvalue weighted by molar-refractivity contribution is 5.84. The lowest BCUT2D eigenvalue weighted by atomic mass is 10.1. The average molecular weight is 231 g/mol. The molecule has 1 amide bonds. The predicted octanol–water partition coefficient (Wildman–Crippen LogP) is 1.73. The maximum absolute atomic E-state index is 11.6. The standard InChI is InChI=1S/C12H25NO3/c1-10(2)16-9-7-6-8-13-11(14)12(3,4)15-5/h10H,6-9H2,1-5H3,(H,13,14). The van der Waals surface area contributed by atoms with Crippen LogP contribution in [0.25, 0.3) is 0 Å². The molecule has 0 bridgehead atoms. The summed E-state index contributed by atoms with van der Waals surface area (Å²) in [4.78, 5) is 11.6. The maximum atomic E-state index is 11.6. The van der Waals surface area contributed by atoms with Crippen LogP contribution in [0.1, 0.15) is 40.5 Å². The number of amides is 1. The van der Waals surface area contributed by atoms with Gasteiger partial charge in [0.1, 0.15) is 5.60 Å². The van der Waals surface area contributed by atoms with Crippen molar-refractivity contribution in [3.05, 3.63) is 0 Å². The minimum Gasteiger partial charge on any atom is -0.379 e. The van der Waals surface area contributed by atoms with E-state index in [4.69, 9.17) is 9.47 Å². The molecule has 1 N–H and O–H groups in total. The Labute approximate surface area is 98.7 Å². The summed E-state index contributed by atoms with van der Waals surface area (Å²) in [6.45, 7) is 8.97. The van der Waals surface area contributed by atoms with Crippen LogP contribution in [0.5, 0.6) is 0 Å². The Kier molecular flexibility index (Phi) is 7.34. The molecule has 0 saturated carbocycles. The fraction of sp³-hybridized carbons (Fsp3) is 0.917. The molecule has 0 rings (SSSR count). The largest absolute Gasteiger partial charge is 0.379 e. The molecule has 0 aromatic heterocycles. The molecule has 16 heavy (non-hydrogen) atoms. The number of methoxy groups -OCH3 is 1. The van der Waals surface area contributed by atoms with E-state index < -0.39 is 5.60 Å². The quantitative estimate of drug-likeness (QED) is 0.647. The Balaban J connectivity index is 3.49. The Bertz CT molecular complexity index is 202. The fourth-order valence-electron chi connectivity index (χ4n) is 1.05. The first-order chi connectivity index (χ1) is 7.40. The van der Waals surface area contributed by atoms with E-state index in [1.165, 1.54) is 7.11 Å². The third kappa shape index (κ3) is 6.80. The van der Waals surface area contributed by atoms with Crippen LogP contribution < -0.4 is 5.32 Å². The van der Waals surface area contributed by atoms with Crippen molar-refractivity contribution in [1.82, 2.24) is 5.32 Å². The molecule has 0 saturated heterocycles. The first kappa shape index (κ1) is 15.4. The van der Waals surface area contributed by atoms with Gasteiger partial charge in [-0.3, -0.25) is 4.79 Å². The second-order valence-electron chi connectivity index (χ2n) is 4.60. The topological polar surface area (TPSA) is 47.6 Å². The van der Waals surface area contributed by atoms with E-state index in [9.17, 15) is 4.79 Å². The summed E-state index contributed by atoms with van der Waals surface area (Å²) in [6, 6.07) is 0. The highest BCUT2D eigenvalue weighted by atomic mass is 16.5. The second-order valence-corrected chi connectivity index (χ2v) is 4.60. The first-order valence-corrected chi connectivity index (χ1v) is 5.85. The molecule has 0 radical (unpaired) electrons. The van der Waals surface area contributed by atoms with Crippen LogP contribution in [0.15, 0.2) is 0 Å². The van der Waals surface area contributed by atoms with Crippen molar-refractivity contribution in [2.75, 3.05) is 20.3 Å². The van der Waals surface area contributed by atoms with E-state index in [2.05, 4.69) is 5.32 Å². The van der Waals surface area contributed by atoms with Crippen LogP contribution >= 0.6 is 0 Å². The third-order valence-electron chi connectivity index (χ3n) is 2.36. The van der Waals surface area contributed by atoms with Gasteiger partial charge in [0.15, 0.2) is 0 Å². The normalized spacial score (nSPS) is 11.9. The number of unbranched alkanes of at least 4 members (excludes halogenated alkanes) is 1. The molecule has 96 valence electrons. The highest BCUT2D eigenvalue weighted by Gasteiger charge is 2.25. The summed E-state index contributed by atoms with van der Waals surface area (Å²) in [5.41, 5.74) is -0.742. The Morgan fingerprint density at radius 3 is 2.44 bits per heavy atom. The van der Waals surface area contributed by atoms with Crippen molar-refractivity contribution in [3.8, 4) is 0 Å². The van der Waals surface area contributed by atoms with Crippen LogP contribution in [0.3, 0.4) is 0 Å². The van der Waals surface area contributed by atoms with Crippen LogP contribution in [-0.2, 0) is 14.3 Å². The van der Waals surface area contributed by atoms with Crippen molar-refractivity contribution >= 4 is 5.91 Å². The summed E-state index contributed by atoms with van der Waals surface area (Å²) < 4.78 is 10.5. The van der Waals surface area contributed by atoms with Crippen molar-refractivity contribution in [2.24, 2.45) is 0 Å². The molecule has 0 aromatic carbocycles. The zero-order valence-corrected chi connectivity index (χ0v) is 11.1. The summed E-state index contributed by atoms with van der Waals surface area (Å²) in [5.74, 6) is -0.0697. The number of carbonyl (C=O) groups excluding carboxylic acids is 1. The van der Waals surface area contributed by atoms with Gasteiger partial charge < -0.3 is 14.8 Å². The monoisotopic (exact) mass is 231 g/mol. The molecular formula is C12H25NO3. The predicted molar refractivity (Wildman–Crippen MR) is 64.4 cm³/mol. The third-order valence-corrected chi connectivity index (χ3v) is 2.36. The van der Waals surface area contributed by atoms with Crippen LogP contribution in [0.2, 0.25) is 0 Å². The molecule has 0 aliphatic rings. The lowest BCUT2D eigenvalue weighted by molar-refractivity contribution is -0.139. The van der Waals surface area contributed by atoms with Gasteiger partial charge >= 0.3 is 0 Å². The van der Waals surface area contributed by atoms with Gasteiger partial charge in [0.2, 0.25) is 0 Å². The van der Waals surface area contributed by atoms with Gasteiger partial charge in [-0.2, -0.15) is 0 Å². The summed E-state index contributed by atoms with van der Waals surface area (Å²) in [7, 11) is 1.54. The van der Waals surface area contributed by atoms with Crippen molar-refractivity contribution in [1.29, 1.82) is 0 Å². The van der Waals surface area contributed by atoms with E-state index in [1.54, 1.807) is 13.8 Å². The summed E-state index contributed by atoms with van der Waals surface area (Å²) in [5, 5.41) is 2.84. The number of hydrogen-bond donors (Lipinski definition) is 1. The van der Waals surface area contributed by atoms with Crippen LogP contribution in [0.4, 0.5) is 0 Å². The van der Waals surface area contributed by atoms with Gasteiger partial charge in [-0.1, -0.05) is 0 Å². The van der Waals surface area contributed by atoms with Gasteiger partial charge in [-0.25, -0.2) is 0 Å². The average Bonchev–Trinajstić information content (AvgIpc) is 2.22. The van der Waals surface area contributed by atoms with Crippen molar-refractivity contribution in [2.45, 2.75) is 52.2 Å². The zero-order valence-electron chi connectivity index (χ0n) is 11.1. The number of hydrogen-bond acceptors (Lipinski definition) is 3. The van der Waals surface area contributed by atoms with E-state index >= 15 is 0 Å². The van der Waals surface area contributed by atoms with E-state index in [0.717, 1.165) is 19.4 Å². The number of nitrogens with one attached hydrogen (secondary N) is 1.